The number of benzene rings is 2. The quantitative estimate of drug-likeness (QED) is 0.462. The summed E-state index contributed by atoms with van der Waals surface area (Å²) < 4.78 is 38.7. The van der Waals surface area contributed by atoms with Crippen molar-refractivity contribution < 1.29 is 18.0 Å². The lowest BCUT2D eigenvalue weighted by Crippen LogP contribution is -2.28. The molecule has 1 heterocycles. The van der Waals surface area contributed by atoms with E-state index in [9.17, 15) is 18.0 Å². The average molecular weight is 440 g/mol. The van der Waals surface area contributed by atoms with E-state index in [1.54, 1.807) is 18.3 Å². The highest BCUT2D eigenvalue weighted by Crippen LogP contribution is 2.36. The van der Waals surface area contributed by atoms with E-state index < -0.39 is 22.8 Å². The molecule has 0 fully saturated rings. The third-order valence-corrected chi connectivity index (χ3v) is 4.61. The molecule has 0 aliphatic heterocycles. The van der Waals surface area contributed by atoms with Crippen LogP contribution in [0.5, 0.6) is 0 Å². The maximum Gasteiger partial charge on any atom is 0.417 e. The molecule has 2 aromatic carbocycles. The zero-order valence-electron chi connectivity index (χ0n) is 14.7. The molecule has 0 saturated carbocycles. The minimum absolute atomic E-state index is 0.0184. The first kappa shape index (κ1) is 21.0. The van der Waals surface area contributed by atoms with Crippen molar-refractivity contribution in [2.45, 2.75) is 12.7 Å². The molecule has 4 nitrogen and oxygen atoms in total. The van der Waals surface area contributed by atoms with Crippen LogP contribution in [0, 0.1) is 0 Å². The van der Waals surface area contributed by atoms with Crippen LogP contribution in [-0.2, 0) is 12.7 Å². The summed E-state index contributed by atoms with van der Waals surface area (Å²) in [4.78, 5) is 16.1. The zero-order chi connectivity index (χ0) is 21.0. The molecule has 9 heteroatoms. The number of rotatable bonds is 4. The van der Waals surface area contributed by atoms with Crippen LogP contribution in [0.3, 0.4) is 0 Å². The van der Waals surface area contributed by atoms with E-state index in [-0.39, 0.29) is 12.2 Å². The Morgan fingerprint density at radius 1 is 1.03 bits per heavy atom. The van der Waals surface area contributed by atoms with Gasteiger partial charge in [-0.05, 0) is 47.5 Å². The SMILES string of the molecule is O=C(NCc1cccc(-c2cccnc2Cl)c1)Nc1ccc(Cl)c(C(F)(F)F)c1. The van der Waals surface area contributed by atoms with E-state index in [4.69, 9.17) is 23.2 Å². The average Bonchev–Trinajstić information content (AvgIpc) is 2.67. The van der Waals surface area contributed by atoms with Crippen molar-refractivity contribution in [3.05, 3.63) is 82.1 Å². The van der Waals surface area contributed by atoms with E-state index >= 15 is 0 Å². The third-order valence-electron chi connectivity index (χ3n) is 3.98. The number of aromatic nitrogens is 1. The summed E-state index contributed by atoms with van der Waals surface area (Å²) in [5.74, 6) is 0. The van der Waals surface area contributed by atoms with Gasteiger partial charge in [-0.25, -0.2) is 9.78 Å². The smallest absolute Gasteiger partial charge is 0.334 e. The number of alkyl halides is 3. The molecule has 3 rings (SSSR count). The van der Waals surface area contributed by atoms with Crippen molar-refractivity contribution in [3.8, 4) is 11.1 Å². The summed E-state index contributed by atoms with van der Waals surface area (Å²) in [6.07, 6.45) is -3.03. The van der Waals surface area contributed by atoms with Gasteiger partial charge < -0.3 is 10.6 Å². The Bertz CT molecular complexity index is 1040. The summed E-state index contributed by atoms with van der Waals surface area (Å²) in [6, 6.07) is 13.4. The highest BCUT2D eigenvalue weighted by molar-refractivity contribution is 6.32. The standard InChI is InChI=1S/C20H14Cl2F3N3O/c21-17-7-6-14(10-16(17)20(23,24)25)28-19(29)27-11-12-3-1-4-13(9-12)15-5-2-8-26-18(15)22/h1-10H,11H2,(H2,27,28,29). The van der Waals surface area contributed by atoms with Gasteiger partial charge in [-0.15, -0.1) is 0 Å². The Kier molecular flexibility index (Phi) is 6.30. The van der Waals surface area contributed by atoms with Crippen LogP contribution >= 0.6 is 23.2 Å². The maximum absolute atomic E-state index is 12.9. The lowest BCUT2D eigenvalue weighted by atomic mass is 10.0. The molecule has 3 aromatic rings. The third kappa shape index (κ3) is 5.40. The molecule has 0 radical (unpaired) electrons. The second-order valence-electron chi connectivity index (χ2n) is 6.04. The minimum Gasteiger partial charge on any atom is -0.334 e. The largest absolute Gasteiger partial charge is 0.417 e. The van der Waals surface area contributed by atoms with Crippen LogP contribution in [0.2, 0.25) is 10.2 Å². The topological polar surface area (TPSA) is 54.0 Å². The van der Waals surface area contributed by atoms with Crippen LogP contribution in [0.15, 0.2) is 60.8 Å². The summed E-state index contributed by atoms with van der Waals surface area (Å²) >= 11 is 11.7. The lowest BCUT2D eigenvalue weighted by molar-refractivity contribution is -0.137. The Balaban J connectivity index is 1.66. The predicted octanol–water partition coefficient (Wildman–Crippen LogP) is 6.40. The van der Waals surface area contributed by atoms with E-state index in [0.29, 0.717) is 5.15 Å². The Morgan fingerprint density at radius 2 is 1.83 bits per heavy atom. The van der Waals surface area contributed by atoms with E-state index in [1.807, 2.05) is 24.3 Å². The number of carbonyl (C=O) groups is 1. The number of hydrogen-bond acceptors (Lipinski definition) is 2. The fourth-order valence-electron chi connectivity index (χ4n) is 2.63. The normalized spacial score (nSPS) is 11.2. The molecule has 0 atom stereocenters. The number of halogens is 5. The van der Waals surface area contributed by atoms with Crippen molar-refractivity contribution >= 4 is 34.9 Å². The summed E-state index contributed by atoms with van der Waals surface area (Å²) in [7, 11) is 0. The van der Waals surface area contributed by atoms with Gasteiger partial charge in [-0.1, -0.05) is 41.4 Å². The predicted molar refractivity (Wildman–Crippen MR) is 107 cm³/mol. The number of pyridine rings is 1. The molecule has 2 amide bonds. The maximum atomic E-state index is 12.9. The monoisotopic (exact) mass is 439 g/mol. The first-order valence-corrected chi connectivity index (χ1v) is 9.11. The molecular weight excluding hydrogens is 426 g/mol. The molecule has 0 bridgehead atoms. The van der Waals surface area contributed by atoms with Crippen LogP contribution in [-0.4, -0.2) is 11.0 Å². The summed E-state index contributed by atoms with van der Waals surface area (Å²) in [5.41, 5.74) is 1.33. The van der Waals surface area contributed by atoms with Gasteiger partial charge in [0, 0.05) is 24.0 Å². The summed E-state index contributed by atoms with van der Waals surface area (Å²) in [5, 5.41) is 4.89. The molecular formula is C20H14Cl2F3N3O. The molecule has 0 aliphatic carbocycles. The number of nitrogens with zero attached hydrogens (tertiary/aromatic N) is 1. The van der Waals surface area contributed by atoms with Crippen LogP contribution < -0.4 is 10.6 Å². The lowest BCUT2D eigenvalue weighted by Gasteiger charge is -2.12. The first-order valence-electron chi connectivity index (χ1n) is 8.35. The molecule has 2 N–H and O–H groups in total. The highest BCUT2D eigenvalue weighted by Gasteiger charge is 2.33. The van der Waals surface area contributed by atoms with Crippen LogP contribution in [0.25, 0.3) is 11.1 Å². The van der Waals surface area contributed by atoms with Gasteiger partial charge in [0.2, 0.25) is 0 Å². The highest BCUT2D eigenvalue weighted by atomic mass is 35.5. The van der Waals surface area contributed by atoms with Crippen molar-refractivity contribution in [1.82, 2.24) is 10.3 Å². The molecule has 150 valence electrons. The fourth-order valence-corrected chi connectivity index (χ4v) is 3.08. The molecule has 0 unspecified atom stereocenters. The minimum atomic E-state index is -4.61. The number of carbonyl (C=O) groups excluding carboxylic acids is 1. The van der Waals surface area contributed by atoms with Gasteiger partial charge in [0.1, 0.15) is 5.15 Å². The summed E-state index contributed by atoms with van der Waals surface area (Å²) in [6.45, 7) is 0.164. The molecule has 0 aliphatic rings. The number of amides is 2. The van der Waals surface area contributed by atoms with Gasteiger partial charge >= 0.3 is 12.2 Å². The first-order chi connectivity index (χ1) is 13.7. The molecule has 0 saturated heterocycles. The van der Waals surface area contributed by atoms with Gasteiger partial charge in [0.15, 0.2) is 0 Å². The Hall–Kier alpha value is -2.77. The number of urea groups is 1. The van der Waals surface area contributed by atoms with Crippen molar-refractivity contribution in [1.29, 1.82) is 0 Å². The van der Waals surface area contributed by atoms with E-state index in [1.165, 1.54) is 6.07 Å². The van der Waals surface area contributed by atoms with E-state index in [2.05, 4.69) is 15.6 Å². The fraction of sp³-hybridized carbons (Fsp3) is 0.100. The Labute approximate surface area is 174 Å². The van der Waals surface area contributed by atoms with Gasteiger partial charge in [0.25, 0.3) is 0 Å². The number of anilines is 1. The van der Waals surface area contributed by atoms with E-state index in [0.717, 1.165) is 28.8 Å². The van der Waals surface area contributed by atoms with Crippen molar-refractivity contribution in [3.63, 3.8) is 0 Å². The second-order valence-corrected chi connectivity index (χ2v) is 6.81. The van der Waals surface area contributed by atoms with Crippen LogP contribution in [0.1, 0.15) is 11.1 Å². The van der Waals surface area contributed by atoms with Gasteiger partial charge in [-0.2, -0.15) is 13.2 Å². The zero-order valence-corrected chi connectivity index (χ0v) is 16.2. The molecule has 29 heavy (non-hydrogen) atoms. The van der Waals surface area contributed by atoms with Gasteiger partial charge in [-0.3, -0.25) is 0 Å². The number of nitrogens with one attached hydrogen (secondary N) is 2. The van der Waals surface area contributed by atoms with Crippen LogP contribution in [0.4, 0.5) is 23.7 Å². The second kappa shape index (κ2) is 8.71. The van der Waals surface area contributed by atoms with Crippen molar-refractivity contribution in [2.24, 2.45) is 0 Å². The molecule has 0 spiro atoms. The van der Waals surface area contributed by atoms with Gasteiger partial charge in [0.05, 0.1) is 10.6 Å². The number of hydrogen-bond donors (Lipinski definition) is 2. The Morgan fingerprint density at radius 3 is 2.55 bits per heavy atom. The van der Waals surface area contributed by atoms with Crippen molar-refractivity contribution in [2.75, 3.05) is 5.32 Å². The molecule has 1 aromatic heterocycles.